The van der Waals surface area contributed by atoms with Crippen molar-refractivity contribution in [2.24, 2.45) is 0 Å². The number of nitrogens with one attached hydrogen (secondary N) is 1. The lowest BCUT2D eigenvalue weighted by atomic mass is 10.4. The molecule has 4 nitrogen and oxygen atoms in total. The van der Waals surface area contributed by atoms with Crippen molar-refractivity contribution in [3.63, 3.8) is 0 Å². The van der Waals surface area contributed by atoms with Gasteiger partial charge in [0.15, 0.2) is 6.29 Å². The molecule has 1 aromatic rings. The first kappa shape index (κ1) is 7.21. The van der Waals surface area contributed by atoms with Crippen LogP contribution in [0.15, 0.2) is 12.4 Å². The molecule has 1 aliphatic rings. The SMILES string of the molecule is O=Cc1cnc(NC2CC2)nc1. The molecule has 1 heterocycles. The second-order valence-electron chi connectivity index (χ2n) is 2.88. The Kier molecular flexibility index (Phi) is 1.74. The molecule has 0 bridgehead atoms. The smallest absolute Gasteiger partial charge is 0.222 e. The van der Waals surface area contributed by atoms with Gasteiger partial charge in [-0.25, -0.2) is 9.97 Å². The van der Waals surface area contributed by atoms with E-state index in [9.17, 15) is 4.79 Å². The Morgan fingerprint density at radius 2 is 2.08 bits per heavy atom. The molecule has 12 heavy (non-hydrogen) atoms. The van der Waals surface area contributed by atoms with Gasteiger partial charge in [0.05, 0.1) is 5.56 Å². The van der Waals surface area contributed by atoms with E-state index >= 15 is 0 Å². The first-order valence-corrected chi connectivity index (χ1v) is 3.92. The van der Waals surface area contributed by atoms with E-state index in [2.05, 4.69) is 15.3 Å². The van der Waals surface area contributed by atoms with Crippen LogP contribution in [0.5, 0.6) is 0 Å². The predicted octanol–water partition coefficient (Wildman–Crippen LogP) is 0.863. The van der Waals surface area contributed by atoms with Gasteiger partial charge in [-0.1, -0.05) is 0 Å². The Balaban J connectivity index is 2.07. The predicted molar refractivity (Wildman–Crippen MR) is 44.1 cm³/mol. The second kappa shape index (κ2) is 2.89. The monoisotopic (exact) mass is 163 g/mol. The van der Waals surface area contributed by atoms with Gasteiger partial charge in [-0.3, -0.25) is 4.79 Å². The highest BCUT2D eigenvalue weighted by Crippen LogP contribution is 2.22. The van der Waals surface area contributed by atoms with Crippen LogP contribution >= 0.6 is 0 Å². The Bertz CT molecular complexity index is 279. The normalized spacial score (nSPS) is 15.7. The lowest BCUT2D eigenvalue weighted by Crippen LogP contribution is -2.05. The maximum Gasteiger partial charge on any atom is 0.222 e. The van der Waals surface area contributed by atoms with Crippen LogP contribution in [0.2, 0.25) is 0 Å². The third-order valence-corrected chi connectivity index (χ3v) is 1.72. The van der Waals surface area contributed by atoms with Gasteiger partial charge in [-0.05, 0) is 12.8 Å². The average molecular weight is 163 g/mol. The van der Waals surface area contributed by atoms with Crippen molar-refractivity contribution in [2.75, 3.05) is 5.32 Å². The van der Waals surface area contributed by atoms with Crippen LogP contribution in [-0.2, 0) is 0 Å². The zero-order valence-electron chi connectivity index (χ0n) is 6.53. The van der Waals surface area contributed by atoms with E-state index in [0.717, 1.165) is 6.29 Å². The summed E-state index contributed by atoms with van der Waals surface area (Å²) in [5.41, 5.74) is 0.511. The molecule has 0 aromatic carbocycles. The maximum absolute atomic E-state index is 10.3. The lowest BCUT2D eigenvalue weighted by molar-refractivity contribution is 0.112. The van der Waals surface area contributed by atoms with E-state index in [1.807, 2.05) is 0 Å². The fraction of sp³-hybridized carbons (Fsp3) is 0.375. The van der Waals surface area contributed by atoms with E-state index in [1.54, 1.807) is 0 Å². The van der Waals surface area contributed by atoms with Crippen molar-refractivity contribution in [2.45, 2.75) is 18.9 Å². The van der Waals surface area contributed by atoms with Gasteiger partial charge in [-0.15, -0.1) is 0 Å². The molecule has 0 spiro atoms. The number of aldehydes is 1. The minimum atomic E-state index is 0.511. The summed E-state index contributed by atoms with van der Waals surface area (Å²) in [7, 11) is 0. The van der Waals surface area contributed by atoms with Crippen LogP contribution in [0.3, 0.4) is 0 Å². The topological polar surface area (TPSA) is 54.9 Å². The molecule has 0 saturated heterocycles. The summed E-state index contributed by atoms with van der Waals surface area (Å²) in [5, 5.41) is 3.13. The van der Waals surface area contributed by atoms with Crippen molar-refractivity contribution in [3.8, 4) is 0 Å². The first-order chi connectivity index (χ1) is 5.88. The summed E-state index contributed by atoms with van der Waals surface area (Å²) in [4.78, 5) is 18.2. The van der Waals surface area contributed by atoms with Gasteiger partial charge in [0.25, 0.3) is 0 Å². The van der Waals surface area contributed by atoms with Crippen molar-refractivity contribution in [3.05, 3.63) is 18.0 Å². The van der Waals surface area contributed by atoms with E-state index < -0.39 is 0 Å². The van der Waals surface area contributed by atoms with Gasteiger partial charge < -0.3 is 5.32 Å². The molecule has 0 atom stereocenters. The molecule has 1 saturated carbocycles. The molecule has 1 N–H and O–H groups in total. The fourth-order valence-electron chi connectivity index (χ4n) is 0.884. The summed E-state index contributed by atoms with van der Waals surface area (Å²) in [5.74, 6) is 0.614. The minimum absolute atomic E-state index is 0.511. The summed E-state index contributed by atoms with van der Waals surface area (Å²) >= 11 is 0. The molecule has 0 unspecified atom stereocenters. The molecule has 4 heteroatoms. The van der Waals surface area contributed by atoms with Gasteiger partial charge in [0, 0.05) is 18.4 Å². The molecule has 0 radical (unpaired) electrons. The Morgan fingerprint density at radius 3 is 2.58 bits per heavy atom. The first-order valence-electron chi connectivity index (χ1n) is 3.92. The van der Waals surface area contributed by atoms with Gasteiger partial charge >= 0.3 is 0 Å². The molecular formula is C8H9N3O. The Hall–Kier alpha value is -1.45. The molecule has 0 amide bonds. The Labute approximate surface area is 70.0 Å². The maximum atomic E-state index is 10.3. The zero-order valence-corrected chi connectivity index (χ0v) is 6.53. The molecule has 1 aliphatic carbocycles. The number of carbonyl (C=O) groups excluding carboxylic acids is 1. The fourth-order valence-corrected chi connectivity index (χ4v) is 0.884. The zero-order chi connectivity index (χ0) is 8.39. The van der Waals surface area contributed by atoms with Gasteiger partial charge in [0.1, 0.15) is 0 Å². The van der Waals surface area contributed by atoms with Crippen LogP contribution in [-0.4, -0.2) is 22.3 Å². The molecular weight excluding hydrogens is 154 g/mol. The summed E-state index contributed by atoms with van der Waals surface area (Å²) in [6.45, 7) is 0. The highest BCUT2D eigenvalue weighted by Gasteiger charge is 2.21. The number of nitrogens with zero attached hydrogens (tertiary/aromatic N) is 2. The largest absolute Gasteiger partial charge is 0.351 e. The second-order valence-corrected chi connectivity index (χ2v) is 2.88. The van der Waals surface area contributed by atoms with Gasteiger partial charge in [-0.2, -0.15) is 0 Å². The van der Waals surface area contributed by atoms with E-state index in [1.165, 1.54) is 25.2 Å². The number of hydrogen-bond donors (Lipinski definition) is 1. The average Bonchev–Trinajstić information content (AvgIpc) is 2.90. The van der Waals surface area contributed by atoms with Crippen LogP contribution in [0.1, 0.15) is 23.2 Å². The third kappa shape index (κ3) is 1.58. The van der Waals surface area contributed by atoms with Crippen LogP contribution in [0, 0.1) is 0 Å². The van der Waals surface area contributed by atoms with Crippen LogP contribution in [0.25, 0.3) is 0 Å². The third-order valence-electron chi connectivity index (χ3n) is 1.72. The van der Waals surface area contributed by atoms with E-state index in [-0.39, 0.29) is 0 Å². The lowest BCUT2D eigenvalue weighted by Gasteiger charge is -2.00. The standard InChI is InChI=1S/C8H9N3O/c12-5-6-3-9-8(10-4-6)11-7-1-2-7/h3-5,7H,1-2H2,(H,9,10,11). The van der Waals surface area contributed by atoms with Crippen molar-refractivity contribution < 1.29 is 4.79 Å². The van der Waals surface area contributed by atoms with Crippen molar-refractivity contribution in [1.29, 1.82) is 0 Å². The quantitative estimate of drug-likeness (QED) is 0.671. The molecule has 0 aliphatic heterocycles. The number of anilines is 1. The van der Waals surface area contributed by atoms with Crippen molar-refractivity contribution >= 4 is 12.2 Å². The number of rotatable bonds is 3. The molecule has 2 rings (SSSR count). The van der Waals surface area contributed by atoms with E-state index in [0.29, 0.717) is 17.6 Å². The number of aromatic nitrogens is 2. The summed E-state index contributed by atoms with van der Waals surface area (Å²) in [6, 6.07) is 0.548. The van der Waals surface area contributed by atoms with E-state index in [4.69, 9.17) is 0 Å². The minimum Gasteiger partial charge on any atom is -0.351 e. The highest BCUT2D eigenvalue weighted by molar-refractivity contribution is 5.73. The summed E-state index contributed by atoms with van der Waals surface area (Å²) in [6.07, 6.45) is 6.16. The number of carbonyl (C=O) groups is 1. The van der Waals surface area contributed by atoms with Crippen molar-refractivity contribution in [1.82, 2.24) is 9.97 Å². The molecule has 1 aromatic heterocycles. The molecule has 1 fully saturated rings. The summed E-state index contributed by atoms with van der Waals surface area (Å²) < 4.78 is 0. The highest BCUT2D eigenvalue weighted by atomic mass is 16.1. The van der Waals surface area contributed by atoms with Gasteiger partial charge in [0.2, 0.25) is 5.95 Å². The molecule has 62 valence electrons. The van der Waals surface area contributed by atoms with Crippen LogP contribution < -0.4 is 5.32 Å². The van der Waals surface area contributed by atoms with Crippen LogP contribution in [0.4, 0.5) is 5.95 Å². The Morgan fingerprint density at radius 1 is 1.42 bits per heavy atom. The number of hydrogen-bond acceptors (Lipinski definition) is 4.